The molecule has 0 aliphatic carbocycles. The van der Waals surface area contributed by atoms with Gasteiger partial charge in [0.05, 0.1) is 6.10 Å². The van der Waals surface area contributed by atoms with E-state index in [4.69, 9.17) is 10.5 Å². The van der Waals surface area contributed by atoms with Crippen molar-refractivity contribution in [3.8, 4) is 0 Å². The second-order valence-electron chi connectivity index (χ2n) is 8.19. The summed E-state index contributed by atoms with van der Waals surface area (Å²) in [6.45, 7) is 5.47. The second kappa shape index (κ2) is 10.2. The smallest absolute Gasteiger partial charge is 0.407 e. The summed E-state index contributed by atoms with van der Waals surface area (Å²) in [4.78, 5) is 12.3. The van der Waals surface area contributed by atoms with E-state index in [1.165, 1.54) is 0 Å². The molecule has 0 saturated carbocycles. The molecule has 3 atom stereocenters. The lowest BCUT2D eigenvalue weighted by atomic mass is 9.94. The lowest BCUT2D eigenvalue weighted by Crippen LogP contribution is -2.46. The fourth-order valence-electron chi connectivity index (χ4n) is 3.05. The van der Waals surface area contributed by atoms with Crippen LogP contribution < -0.4 is 11.1 Å². The molecule has 2 aromatic rings. The van der Waals surface area contributed by atoms with E-state index >= 15 is 0 Å². The normalized spacial score (nSPS) is 14.8. The van der Waals surface area contributed by atoms with Crippen LogP contribution in [-0.2, 0) is 17.6 Å². The van der Waals surface area contributed by atoms with Crippen molar-refractivity contribution in [1.29, 1.82) is 0 Å². The summed E-state index contributed by atoms with van der Waals surface area (Å²) in [6, 6.07) is 19.0. The number of carbonyl (C=O) groups is 1. The van der Waals surface area contributed by atoms with Crippen LogP contribution >= 0.6 is 0 Å². The van der Waals surface area contributed by atoms with Crippen LogP contribution in [0.2, 0.25) is 0 Å². The third-order valence-corrected chi connectivity index (χ3v) is 4.38. The number of amides is 1. The summed E-state index contributed by atoms with van der Waals surface area (Å²) in [6.07, 6.45) is 0.283. The van der Waals surface area contributed by atoms with Crippen molar-refractivity contribution in [2.45, 2.75) is 63.8 Å². The van der Waals surface area contributed by atoms with Crippen molar-refractivity contribution >= 4 is 6.09 Å². The minimum absolute atomic E-state index is 0.283. The van der Waals surface area contributed by atoms with E-state index in [-0.39, 0.29) is 6.04 Å². The van der Waals surface area contributed by atoms with Crippen LogP contribution in [0.3, 0.4) is 0 Å². The SMILES string of the molecule is CC(C)(C)OC(=O)N[C@H](Cc1ccccc1)C[C@H](O)[C@H](N)Cc1ccccc1. The highest BCUT2D eigenvalue weighted by molar-refractivity contribution is 5.68. The minimum Gasteiger partial charge on any atom is -0.444 e. The Balaban J connectivity index is 2.01. The summed E-state index contributed by atoms with van der Waals surface area (Å²) in [5, 5.41) is 13.6. The molecule has 0 unspecified atom stereocenters. The van der Waals surface area contributed by atoms with E-state index in [9.17, 15) is 9.90 Å². The van der Waals surface area contributed by atoms with E-state index in [1.54, 1.807) is 0 Å². The number of aliphatic hydroxyl groups excluding tert-OH is 1. The Morgan fingerprint density at radius 3 is 2.00 bits per heavy atom. The zero-order chi connectivity index (χ0) is 20.6. The summed E-state index contributed by atoms with van der Waals surface area (Å²) >= 11 is 0. The summed E-state index contributed by atoms with van der Waals surface area (Å²) in [7, 11) is 0. The fraction of sp³-hybridized carbons (Fsp3) is 0.435. The third-order valence-electron chi connectivity index (χ3n) is 4.38. The number of carbonyl (C=O) groups excluding carboxylic acids is 1. The van der Waals surface area contributed by atoms with Crippen molar-refractivity contribution in [2.75, 3.05) is 0 Å². The Morgan fingerprint density at radius 1 is 1.00 bits per heavy atom. The van der Waals surface area contributed by atoms with Gasteiger partial charge in [0.25, 0.3) is 0 Å². The minimum atomic E-state index is -0.746. The number of ether oxygens (including phenoxy) is 1. The van der Waals surface area contributed by atoms with Crippen LogP contribution in [0, 0.1) is 0 Å². The average Bonchev–Trinajstić information content (AvgIpc) is 2.61. The Bertz CT molecular complexity index is 714. The van der Waals surface area contributed by atoms with E-state index in [0.29, 0.717) is 19.3 Å². The van der Waals surface area contributed by atoms with Gasteiger partial charge >= 0.3 is 6.09 Å². The van der Waals surface area contributed by atoms with Gasteiger partial charge in [0.1, 0.15) is 5.60 Å². The summed E-state index contributed by atoms with van der Waals surface area (Å²) < 4.78 is 5.38. The monoisotopic (exact) mass is 384 g/mol. The third kappa shape index (κ3) is 8.11. The molecular weight excluding hydrogens is 352 g/mol. The molecule has 0 aliphatic rings. The molecule has 1 amide bonds. The maximum absolute atomic E-state index is 12.3. The predicted octanol–water partition coefficient (Wildman–Crippen LogP) is 3.44. The number of aliphatic hydroxyl groups is 1. The molecule has 4 N–H and O–H groups in total. The molecule has 0 aliphatic heterocycles. The first kappa shape index (κ1) is 21.9. The molecule has 2 aromatic carbocycles. The molecule has 0 radical (unpaired) electrons. The molecule has 28 heavy (non-hydrogen) atoms. The van der Waals surface area contributed by atoms with Crippen LogP contribution in [0.15, 0.2) is 60.7 Å². The predicted molar refractivity (Wildman–Crippen MR) is 112 cm³/mol. The lowest BCUT2D eigenvalue weighted by Gasteiger charge is -2.27. The number of nitrogens with two attached hydrogens (primary N) is 1. The molecule has 0 heterocycles. The summed E-state index contributed by atoms with van der Waals surface area (Å²) in [5.41, 5.74) is 7.80. The molecule has 0 aromatic heterocycles. The number of benzene rings is 2. The second-order valence-corrected chi connectivity index (χ2v) is 8.19. The van der Waals surface area contributed by atoms with Crippen LogP contribution in [0.25, 0.3) is 0 Å². The van der Waals surface area contributed by atoms with E-state index < -0.39 is 23.8 Å². The van der Waals surface area contributed by atoms with Gasteiger partial charge in [-0.15, -0.1) is 0 Å². The maximum atomic E-state index is 12.3. The number of rotatable bonds is 8. The summed E-state index contributed by atoms with van der Waals surface area (Å²) in [5.74, 6) is 0. The zero-order valence-electron chi connectivity index (χ0n) is 17.0. The highest BCUT2D eigenvalue weighted by atomic mass is 16.6. The van der Waals surface area contributed by atoms with E-state index in [0.717, 1.165) is 11.1 Å². The van der Waals surface area contributed by atoms with Crippen LogP contribution in [0.5, 0.6) is 0 Å². The Hall–Kier alpha value is -2.37. The fourth-order valence-corrected chi connectivity index (χ4v) is 3.05. The Labute approximate surface area is 167 Å². The van der Waals surface area contributed by atoms with Gasteiger partial charge in [-0.05, 0) is 51.2 Å². The van der Waals surface area contributed by atoms with Crippen LogP contribution in [0.1, 0.15) is 38.3 Å². The van der Waals surface area contributed by atoms with Crippen LogP contribution in [0.4, 0.5) is 4.79 Å². The van der Waals surface area contributed by atoms with Gasteiger partial charge in [-0.25, -0.2) is 4.79 Å². The molecule has 0 saturated heterocycles. The van der Waals surface area contributed by atoms with Crippen molar-refractivity contribution in [3.05, 3.63) is 71.8 Å². The van der Waals surface area contributed by atoms with Gasteiger partial charge < -0.3 is 20.9 Å². The van der Waals surface area contributed by atoms with Gasteiger partial charge in [-0.2, -0.15) is 0 Å². The number of hydrogen-bond donors (Lipinski definition) is 3. The van der Waals surface area contributed by atoms with E-state index in [2.05, 4.69) is 5.32 Å². The van der Waals surface area contributed by atoms with Gasteiger partial charge in [0.15, 0.2) is 0 Å². The number of alkyl carbamates (subject to hydrolysis) is 1. The number of nitrogens with one attached hydrogen (secondary N) is 1. The maximum Gasteiger partial charge on any atom is 0.407 e. The first-order valence-corrected chi connectivity index (χ1v) is 9.74. The molecule has 152 valence electrons. The zero-order valence-corrected chi connectivity index (χ0v) is 17.0. The van der Waals surface area contributed by atoms with E-state index in [1.807, 2.05) is 81.4 Å². The topological polar surface area (TPSA) is 84.6 Å². The van der Waals surface area contributed by atoms with Crippen molar-refractivity contribution in [3.63, 3.8) is 0 Å². The molecule has 2 rings (SSSR count). The largest absolute Gasteiger partial charge is 0.444 e. The first-order valence-electron chi connectivity index (χ1n) is 9.74. The Kier molecular flexibility index (Phi) is 8.03. The molecular formula is C23H32N2O3. The molecule has 0 spiro atoms. The quantitative estimate of drug-likeness (QED) is 0.651. The van der Waals surface area contributed by atoms with Gasteiger partial charge in [-0.3, -0.25) is 0 Å². The molecule has 0 fully saturated rings. The lowest BCUT2D eigenvalue weighted by molar-refractivity contribution is 0.0475. The van der Waals surface area contributed by atoms with Crippen molar-refractivity contribution in [1.82, 2.24) is 5.32 Å². The molecule has 5 nitrogen and oxygen atoms in total. The number of hydrogen-bond acceptors (Lipinski definition) is 4. The van der Waals surface area contributed by atoms with Gasteiger partial charge in [0.2, 0.25) is 0 Å². The highest BCUT2D eigenvalue weighted by Crippen LogP contribution is 2.14. The Morgan fingerprint density at radius 2 is 1.50 bits per heavy atom. The van der Waals surface area contributed by atoms with Crippen LogP contribution in [-0.4, -0.2) is 35.0 Å². The first-order chi connectivity index (χ1) is 13.2. The molecule has 5 heteroatoms. The van der Waals surface area contributed by atoms with Crippen molar-refractivity contribution in [2.24, 2.45) is 5.73 Å². The molecule has 0 bridgehead atoms. The average molecular weight is 385 g/mol. The van der Waals surface area contributed by atoms with Gasteiger partial charge in [-0.1, -0.05) is 60.7 Å². The standard InChI is InChI=1S/C23H32N2O3/c1-23(2,3)28-22(27)25-19(14-17-10-6-4-7-11-17)16-21(26)20(24)15-18-12-8-5-9-13-18/h4-13,19-21,26H,14-16,24H2,1-3H3,(H,25,27)/t19-,20-,21+/m1/s1. The van der Waals surface area contributed by atoms with Crippen molar-refractivity contribution < 1.29 is 14.6 Å². The van der Waals surface area contributed by atoms with Gasteiger partial charge in [0, 0.05) is 12.1 Å². The highest BCUT2D eigenvalue weighted by Gasteiger charge is 2.24.